The maximum atomic E-state index is 12.6. The third-order valence-corrected chi connectivity index (χ3v) is 5.63. The quantitative estimate of drug-likeness (QED) is 0.477. The lowest BCUT2D eigenvalue weighted by Crippen LogP contribution is -2.32. The lowest BCUT2D eigenvalue weighted by Gasteiger charge is -2.22. The van der Waals surface area contributed by atoms with E-state index in [9.17, 15) is 9.59 Å². The van der Waals surface area contributed by atoms with Gasteiger partial charge in [-0.1, -0.05) is 50.2 Å². The van der Waals surface area contributed by atoms with Crippen molar-refractivity contribution in [3.8, 4) is 11.1 Å². The number of carboxylic acids is 1. The number of hydrogen-bond acceptors (Lipinski definition) is 4. The van der Waals surface area contributed by atoms with E-state index in [0.717, 1.165) is 16.7 Å². The number of carboxylic acid groups (broad SMARTS) is 1. The number of carbonyl (C=O) groups excluding carboxylic acids is 1. The fourth-order valence-corrected chi connectivity index (χ4v) is 3.64. The molecule has 0 bridgehead atoms. The summed E-state index contributed by atoms with van der Waals surface area (Å²) in [6.45, 7) is 4.82. The van der Waals surface area contributed by atoms with Crippen LogP contribution in [-0.2, 0) is 11.2 Å². The molecule has 0 aliphatic heterocycles. The van der Waals surface area contributed by atoms with Gasteiger partial charge in [-0.3, -0.25) is 14.6 Å². The van der Waals surface area contributed by atoms with E-state index in [0.29, 0.717) is 18.0 Å². The van der Waals surface area contributed by atoms with Crippen molar-refractivity contribution in [2.75, 3.05) is 6.54 Å². The maximum absolute atomic E-state index is 12.6. The molecule has 6 nitrogen and oxygen atoms in total. The van der Waals surface area contributed by atoms with Gasteiger partial charge in [-0.15, -0.1) is 0 Å². The summed E-state index contributed by atoms with van der Waals surface area (Å²) in [6.07, 6.45) is 3.79. The summed E-state index contributed by atoms with van der Waals surface area (Å²) in [6, 6.07) is 18.3. The van der Waals surface area contributed by atoms with Gasteiger partial charge in [-0.05, 0) is 58.9 Å². The first-order valence-corrected chi connectivity index (χ1v) is 10.7. The van der Waals surface area contributed by atoms with Crippen molar-refractivity contribution in [2.24, 2.45) is 11.7 Å². The summed E-state index contributed by atoms with van der Waals surface area (Å²) in [5.41, 5.74) is 10.3. The summed E-state index contributed by atoms with van der Waals surface area (Å²) in [7, 11) is 0. The van der Waals surface area contributed by atoms with E-state index >= 15 is 0 Å². The number of nitrogens with zero attached hydrogens (tertiary/aromatic N) is 1. The Morgan fingerprint density at radius 2 is 1.53 bits per heavy atom. The van der Waals surface area contributed by atoms with E-state index < -0.39 is 12.0 Å². The lowest BCUT2D eigenvalue weighted by molar-refractivity contribution is -0.138. The van der Waals surface area contributed by atoms with Gasteiger partial charge in [-0.2, -0.15) is 0 Å². The average molecular weight is 432 g/mol. The van der Waals surface area contributed by atoms with Crippen LogP contribution in [0.1, 0.15) is 41.3 Å². The molecule has 1 heterocycles. The Morgan fingerprint density at radius 1 is 0.938 bits per heavy atom. The molecular weight excluding hydrogens is 402 g/mol. The van der Waals surface area contributed by atoms with Gasteiger partial charge in [-0.25, -0.2) is 0 Å². The number of hydrogen-bond donors (Lipinski definition) is 3. The molecule has 0 radical (unpaired) electrons. The first-order valence-electron chi connectivity index (χ1n) is 10.7. The fraction of sp³-hybridized carbons (Fsp3) is 0.269. The van der Waals surface area contributed by atoms with Gasteiger partial charge >= 0.3 is 5.97 Å². The van der Waals surface area contributed by atoms with Crippen molar-refractivity contribution in [3.05, 3.63) is 89.7 Å². The first-order chi connectivity index (χ1) is 15.3. The van der Waals surface area contributed by atoms with Crippen LogP contribution in [0.4, 0.5) is 0 Å². The summed E-state index contributed by atoms with van der Waals surface area (Å²) < 4.78 is 0. The molecule has 0 spiro atoms. The van der Waals surface area contributed by atoms with Crippen molar-refractivity contribution in [1.82, 2.24) is 10.3 Å². The van der Waals surface area contributed by atoms with Crippen LogP contribution in [0.25, 0.3) is 11.1 Å². The molecule has 0 fully saturated rings. The Bertz CT molecular complexity index is 1030. The highest BCUT2D eigenvalue weighted by molar-refractivity contribution is 5.94. The molecule has 2 aromatic carbocycles. The molecule has 0 aliphatic rings. The summed E-state index contributed by atoms with van der Waals surface area (Å²) >= 11 is 0. The van der Waals surface area contributed by atoms with E-state index in [-0.39, 0.29) is 18.2 Å². The predicted molar refractivity (Wildman–Crippen MR) is 125 cm³/mol. The molecule has 6 heteroatoms. The van der Waals surface area contributed by atoms with E-state index in [1.54, 1.807) is 36.7 Å². The van der Waals surface area contributed by atoms with Gasteiger partial charge in [0.25, 0.3) is 5.91 Å². The van der Waals surface area contributed by atoms with Gasteiger partial charge in [0.05, 0.1) is 0 Å². The molecular formula is C26H29N3O3. The van der Waals surface area contributed by atoms with E-state index in [4.69, 9.17) is 10.8 Å². The fourth-order valence-electron chi connectivity index (χ4n) is 3.64. The predicted octanol–water partition coefficient (Wildman–Crippen LogP) is 3.87. The van der Waals surface area contributed by atoms with Crippen LogP contribution >= 0.6 is 0 Å². The summed E-state index contributed by atoms with van der Waals surface area (Å²) in [4.78, 5) is 27.6. The number of amides is 1. The number of carbonyl (C=O) groups is 2. The lowest BCUT2D eigenvalue weighted by atomic mass is 9.87. The number of rotatable bonds is 9. The van der Waals surface area contributed by atoms with Crippen molar-refractivity contribution in [1.29, 1.82) is 0 Å². The first kappa shape index (κ1) is 23.2. The minimum absolute atomic E-state index is 0.155. The maximum Gasteiger partial charge on any atom is 0.320 e. The molecule has 0 aliphatic carbocycles. The molecule has 0 saturated heterocycles. The third kappa shape index (κ3) is 6.02. The second-order valence-electron chi connectivity index (χ2n) is 8.26. The average Bonchev–Trinajstić information content (AvgIpc) is 2.80. The van der Waals surface area contributed by atoms with Crippen LogP contribution in [-0.4, -0.2) is 34.6 Å². The van der Waals surface area contributed by atoms with E-state index in [1.807, 2.05) is 12.1 Å². The Kier molecular flexibility index (Phi) is 7.73. The Balaban J connectivity index is 1.63. The zero-order valence-corrected chi connectivity index (χ0v) is 18.4. The largest absolute Gasteiger partial charge is 0.480 e. The number of nitrogens with one attached hydrogen (secondary N) is 1. The highest BCUT2D eigenvalue weighted by Crippen LogP contribution is 2.27. The topological polar surface area (TPSA) is 105 Å². The van der Waals surface area contributed by atoms with Gasteiger partial charge < -0.3 is 16.2 Å². The number of aromatic nitrogens is 1. The van der Waals surface area contributed by atoms with Gasteiger partial charge in [0.15, 0.2) is 0 Å². The highest BCUT2D eigenvalue weighted by Gasteiger charge is 2.18. The van der Waals surface area contributed by atoms with Crippen molar-refractivity contribution >= 4 is 11.9 Å². The molecule has 1 aromatic heterocycles. The van der Waals surface area contributed by atoms with Gasteiger partial charge in [0.2, 0.25) is 0 Å². The summed E-state index contributed by atoms with van der Waals surface area (Å²) in [5.74, 6) is -0.668. The minimum atomic E-state index is -1.04. The molecule has 1 amide bonds. The highest BCUT2D eigenvalue weighted by atomic mass is 16.4. The van der Waals surface area contributed by atoms with Crippen LogP contribution in [0, 0.1) is 5.92 Å². The number of benzene rings is 2. The second kappa shape index (κ2) is 10.7. The van der Waals surface area contributed by atoms with Gasteiger partial charge in [0, 0.05) is 30.4 Å². The molecule has 166 valence electrons. The van der Waals surface area contributed by atoms with Crippen LogP contribution < -0.4 is 11.1 Å². The smallest absolute Gasteiger partial charge is 0.320 e. The molecule has 3 aromatic rings. The Labute approximate surface area is 188 Å². The van der Waals surface area contributed by atoms with Crippen molar-refractivity contribution in [3.63, 3.8) is 0 Å². The Morgan fingerprint density at radius 3 is 2.09 bits per heavy atom. The van der Waals surface area contributed by atoms with Crippen LogP contribution in [0.3, 0.4) is 0 Å². The molecule has 4 N–H and O–H groups in total. The van der Waals surface area contributed by atoms with Crippen molar-refractivity contribution in [2.45, 2.75) is 32.2 Å². The monoisotopic (exact) mass is 431 g/mol. The molecule has 32 heavy (non-hydrogen) atoms. The third-order valence-electron chi connectivity index (χ3n) is 5.63. The zero-order chi connectivity index (χ0) is 23.1. The SMILES string of the molecule is CC(C)[C@@H](CNC(=O)c1ccc(C[C@H](N)C(=O)O)cc1)c1ccc(-c2ccncc2)cc1. The standard InChI is InChI=1S/C26H29N3O3/c1-17(2)23(21-9-7-19(8-10-21)20-11-13-28-14-12-20)16-29-25(30)22-5-3-18(4-6-22)15-24(27)26(31)32/h3-14,17,23-24H,15-16,27H2,1-2H3,(H,29,30)(H,31,32)/t23-,24+/m1/s1. The number of aliphatic carboxylic acids is 1. The molecule has 0 saturated carbocycles. The van der Waals surface area contributed by atoms with Crippen LogP contribution in [0.2, 0.25) is 0 Å². The second-order valence-corrected chi connectivity index (χ2v) is 8.26. The molecule has 3 rings (SSSR count). The molecule has 0 unspecified atom stereocenters. The van der Waals surface area contributed by atoms with E-state index in [1.165, 1.54) is 5.56 Å². The van der Waals surface area contributed by atoms with Crippen LogP contribution in [0.5, 0.6) is 0 Å². The Hall–Kier alpha value is -3.51. The zero-order valence-electron chi connectivity index (χ0n) is 18.4. The van der Waals surface area contributed by atoms with Crippen molar-refractivity contribution < 1.29 is 14.7 Å². The van der Waals surface area contributed by atoms with E-state index in [2.05, 4.69) is 48.4 Å². The molecule has 2 atom stereocenters. The van der Waals surface area contributed by atoms with Gasteiger partial charge in [0.1, 0.15) is 6.04 Å². The number of nitrogens with two attached hydrogens (primary N) is 1. The summed E-state index contributed by atoms with van der Waals surface area (Å²) in [5, 5.41) is 12.0. The minimum Gasteiger partial charge on any atom is -0.480 e. The number of pyridine rings is 1. The normalized spacial score (nSPS) is 12.9. The van der Waals surface area contributed by atoms with Crippen LogP contribution in [0.15, 0.2) is 73.1 Å².